The molecule has 5 bridgehead atoms. The van der Waals surface area contributed by atoms with Crippen LogP contribution in [-0.2, 0) is 23.8 Å². The minimum absolute atomic E-state index is 0.0286. The van der Waals surface area contributed by atoms with Crippen LogP contribution in [0.1, 0.15) is 95.5 Å². The quantitative estimate of drug-likeness (QED) is 0.313. The molecule has 0 radical (unpaired) electrons. The smallest absolute Gasteiger partial charge is 0.312 e. The molecule has 16 nitrogen and oxygen atoms in total. The van der Waals surface area contributed by atoms with E-state index in [1.54, 1.807) is 80.0 Å². The highest BCUT2D eigenvalue weighted by Gasteiger charge is 2.53. The molecule has 5 aliphatic rings. The van der Waals surface area contributed by atoms with E-state index in [2.05, 4.69) is 5.32 Å². The minimum Gasteiger partial charge on any atom is -0.507 e. The Bertz CT molecular complexity index is 2340. The van der Waals surface area contributed by atoms with Crippen LogP contribution in [0.3, 0.4) is 0 Å². The lowest BCUT2D eigenvalue weighted by Crippen LogP contribution is -2.51. The summed E-state index contributed by atoms with van der Waals surface area (Å²) in [6.45, 7) is 12.7. The van der Waals surface area contributed by atoms with Gasteiger partial charge in [0.25, 0.3) is 17.6 Å². The number of allylic oxidation sites excluding steroid dienone is 4. The lowest BCUT2D eigenvalue weighted by molar-refractivity contribution is -0.160. The van der Waals surface area contributed by atoms with Crippen LogP contribution in [0.25, 0.3) is 0 Å². The Labute approximate surface area is 372 Å². The van der Waals surface area contributed by atoms with Crippen LogP contribution in [0.2, 0.25) is 0 Å². The molecule has 0 spiro atoms. The Morgan fingerprint density at radius 3 is 2.14 bits per heavy atom. The molecular formula is C48H57N3O13. The van der Waals surface area contributed by atoms with Crippen molar-refractivity contribution >= 4 is 35.1 Å². The van der Waals surface area contributed by atoms with E-state index in [9.17, 15) is 39.3 Å². The highest BCUT2D eigenvalue weighted by molar-refractivity contribution is 6.32. The molecule has 2 amide bonds. The number of Topliss-reactive ketones (excluding diaryl/α,β-unsaturated/α-hetero) is 3. The zero-order valence-corrected chi connectivity index (χ0v) is 37.5. The van der Waals surface area contributed by atoms with Gasteiger partial charge in [0, 0.05) is 87.5 Å². The summed E-state index contributed by atoms with van der Waals surface area (Å²) >= 11 is 0. The number of fused-ring (bicyclic) bond motifs is 14. The van der Waals surface area contributed by atoms with E-state index in [4.69, 9.17) is 18.9 Å². The molecule has 2 aromatic carbocycles. The largest absolute Gasteiger partial charge is 0.507 e. The molecule has 4 heterocycles. The highest BCUT2D eigenvalue weighted by atomic mass is 16.7. The zero-order chi connectivity index (χ0) is 46.9. The fourth-order valence-corrected chi connectivity index (χ4v) is 8.87. The summed E-state index contributed by atoms with van der Waals surface area (Å²) in [4.78, 5) is 87.2. The fraction of sp³-hybridized carbons (Fsp3) is 0.458. The third kappa shape index (κ3) is 8.86. The van der Waals surface area contributed by atoms with Crippen molar-refractivity contribution in [1.82, 2.24) is 15.1 Å². The van der Waals surface area contributed by atoms with Gasteiger partial charge >= 0.3 is 11.8 Å². The number of benzene rings is 2. The Hall–Kier alpha value is -6.10. The molecule has 0 aromatic heterocycles. The third-order valence-corrected chi connectivity index (χ3v) is 12.8. The number of aliphatic hydroxyl groups excluding tert-OH is 2. The minimum atomic E-state index is -2.12. The lowest BCUT2D eigenvalue weighted by Gasteiger charge is -2.39. The summed E-state index contributed by atoms with van der Waals surface area (Å²) < 4.78 is 23.6. The molecule has 0 saturated carbocycles. The topological polar surface area (TPSA) is 219 Å². The van der Waals surface area contributed by atoms with E-state index >= 15 is 4.79 Å². The second-order valence-corrected chi connectivity index (χ2v) is 17.2. The summed E-state index contributed by atoms with van der Waals surface area (Å²) in [6, 6.07) is 8.69. The molecule has 4 N–H and O–H groups in total. The van der Waals surface area contributed by atoms with E-state index in [-0.39, 0.29) is 60.2 Å². The normalized spacial score (nSPS) is 29.3. The summed E-state index contributed by atoms with van der Waals surface area (Å²) in [5.41, 5.74) is -1.32. The summed E-state index contributed by atoms with van der Waals surface area (Å²) in [7, 11) is 1.42. The maximum Gasteiger partial charge on any atom is 0.312 e. The first-order chi connectivity index (χ1) is 30.2. The number of nitrogens with zero attached hydrogens (tertiary/aromatic N) is 2. The average Bonchev–Trinajstić information content (AvgIpc) is 3.54. The van der Waals surface area contributed by atoms with Gasteiger partial charge in [-0.2, -0.15) is 0 Å². The fourth-order valence-electron chi connectivity index (χ4n) is 8.87. The van der Waals surface area contributed by atoms with Gasteiger partial charge in [0.1, 0.15) is 29.0 Å². The molecule has 342 valence electrons. The van der Waals surface area contributed by atoms with E-state index in [0.29, 0.717) is 5.56 Å². The number of aromatic hydroxyl groups is 1. The molecular weight excluding hydrogens is 827 g/mol. The number of esters is 1. The molecule has 0 unspecified atom stereocenters. The molecule has 1 fully saturated rings. The Kier molecular flexibility index (Phi) is 14.0. The van der Waals surface area contributed by atoms with Crippen LogP contribution >= 0.6 is 0 Å². The first-order valence-electron chi connectivity index (χ1n) is 21.4. The number of hydrogen-bond donors (Lipinski definition) is 4. The second-order valence-electron chi connectivity index (χ2n) is 17.2. The molecule has 1 saturated heterocycles. The van der Waals surface area contributed by atoms with Crippen LogP contribution in [0, 0.1) is 30.6 Å². The molecule has 9 atom stereocenters. The summed E-state index contributed by atoms with van der Waals surface area (Å²) in [5.74, 6) is -9.74. The maximum absolute atomic E-state index is 15.0. The van der Waals surface area contributed by atoms with Gasteiger partial charge in [0.05, 0.1) is 41.3 Å². The van der Waals surface area contributed by atoms with Crippen molar-refractivity contribution in [2.45, 2.75) is 85.6 Å². The van der Waals surface area contributed by atoms with Crippen LogP contribution in [0.5, 0.6) is 11.5 Å². The van der Waals surface area contributed by atoms with Gasteiger partial charge in [-0.1, -0.05) is 64.1 Å². The van der Waals surface area contributed by atoms with Crippen molar-refractivity contribution in [3.8, 4) is 11.5 Å². The molecule has 64 heavy (non-hydrogen) atoms. The molecule has 2 aromatic rings. The van der Waals surface area contributed by atoms with Crippen LogP contribution in [0.15, 0.2) is 77.9 Å². The van der Waals surface area contributed by atoms with Gasteiger partial charge in [-0.05, 0) is 32.1 Å². The number of ether oxygens (including phenoxy) is 4. The van der Waals surface area contributed by atoms with Crippen molar-refractivity contribution in [3.05, 3.63) is 106 Å². The van der Waals surface area contributed by atoms with Gasteiger partial charge in [-0.3, -0.25) is 28.8 Å². The Balaban J connectivity index is 1.46. The van der Waals surface area contributed by atoms with E-state index in [1.165, 1.54) is 53.2 Å². The van der Waals surface area contributed by atoms with Crippen LogP contribution in [-0.4, -0.2) is 124 Å². The van der Waals surface area contributed by atoms with Gasteiger partial charge in [-0.15, -0.1) is 0 Å². The number of methoxy groups -OCH3 is 1. The number of ketones is 3. The maximum atomic E-state index is 15.0. The second kappa shape index (κ2) is 18.9. The van der Waals surface area contributed by atoms with Crippen molar-refractivity contribution in [3.63, 3.8) is 0 Å². The number of aliphatic hydroxyl groups is 2. The number of rotatable bonds is 4. The molecule has 4 aliphatic heterocycles. The van der Waals surface area contributed by atoms with Crippen molar-refractivity contribution in [2.24, 2.45) is 23.7 Å². The van der Waals surface area contributed by atoms with Gasteiger partial charge in [0.2, 0.25) is 11.6 Å². The monoisotopic (exact) mass is 883 g/mol. The standard InChI is InChI=1S/C48H57N3O13/c1-24-14-13-15-25(2)46(59)49-36-37(50-19-21-51(22-20-50)47(60)31-16-11-10-12-17-31)42(57)33-34(41(36)56)40(55)29(6)44-35(33)45(58)48(8,64-44)62-23-18-32(61-9)26(3)43(63-30(7)52)28(5)39(54)27(4)38(24)53/h10-18,23-24,26-28,32,38-39,43,53-55H,19-22H2,1-9H3,(H,49,59)/t24-,26+,27+,28-,32-,38-,39-,43+,48-/m0/s1. The van der Waals surface area contributed by atoms with Gasteiger partial charge in [-0.25, -0.2) is 0 Å². The third-order valence-electron chi connectivity index (χ3n) is 12.8. The molecule has 7 rings (SSSR count). The number of phenolic OH excluding ortho intramolecular Hbond substituents is 1. The number of piperazine rings is 1. The summed E-state index contributed by atoms with van der Waals surface area (Å²) in [6.07, 6.45) is 3.28. The molecule has 16 heteroatoms. The van der Waals surface area contributed by atoms with Crippen LogP contribution in [0.4, 0.5) is 0 Å². The molecule has 1 aliphatic carbocycles. The summed E-state index contributed by atoms with van der Waals surface area (Å²) in [5, 5.41) is 37.2. The zero-order valence-electron chi connectivity index (χ0n) is 37.5. The number of carbonyl (C=O) groups is 6. The van der Waals surface area contributed by atoms with Crippen LogP contribution < -0.4 is 10.1 Å². The first-order valence-corrected chi connectivity index (χ1v) is 21.4. The van der Waals surface area contributed by atoms with E-state index in [1.807, 2.05) is 0 Å². The first kappa shape index (κ1) is 47.4. The Morgan fingerprint density at radius 1 is 0.859 bits per heavy atom. The van der Waals surface area contributed by atoms with Crippen molar-refractivity contribution in [1.29, 1.82) is 0 Å². The number of phenols is 1. The number of carbonyl (C=O) groups excluding carboxylic acids is 6. The predicted octanol–water partition coefficient (Wildman–Crippen LogP) is 4.42. The van der Waals surface area contributed by atoms with E-state index < -0.39 is 106 Å². The average molecular weight is 884 g/mol. The van der Waals surface area contributed by atoms with E-state index in [0.717, 1.165) is 0 Å². The van der Waals surface area contributed by atoms with Gasteiger partial charge in [0.15, 0.2) is 0 Å². The highest BCUT2D eigenvalue weighted by Crippen LogP contribution is 2.49. The number of amides is 2. The SMILES string of the molecule is CO[C@H]1C=CO[C@@]2(C)Oc3c(C)c(O)c4c(c3C2=O)C(=O)C(N2CCN(C(=O)c3ccccc3)CC2)=C(NC(=O)C(C)=CC=C[C@H](C)[C@H](O)[C@@H](C)[C@H](O)[C@H](C)[C@H](OC(C)=O)[C@@H]1C)C4=O. The lowest BCUT2D eigenvalue weighted by atomic mass is 9.78. The number of nitrogens with one attached hydrogen (secondary N) is 1. The van der Waals surface area contributed by atoms with Crippen molar-refractivity contribution in [2.75, 3.05) is 33.3 Å². The van der Waals surface area contributed by atoms with Crippen molar-refractivity contribution < 1.29 is 63.0 Å². The predicted molar refractivity (Wildman–Crippen MR) is 232 cm³/mol. The van der Waals surface area contributed by atoms with Gasteiger partial charge < -0.3 is 49.4 Å². The Morgan fingerprint density at radius 2 is 1.52 bits per heavy atom. The number of hydrogen-bond acceptors (Lipinski definition) is 14.